The molecule has 3 aromatic carbocycles. The van der Waals surface area contributed by atoms with Crippen molar-refractivity contribution in [3.63, 3.8) is 0 Å². The molecule has 0 aromatic heterocycles. The highest BCUT2D eigenvalue weighted by atomic mass is 28.4. The van der Waals surface area contributed by atoms with E-state index in [-0.39, 0.29) is 61.9 Å². The van der Waals surface area contributed by atoms with Crippen LogP contribution in [-0.4, -0.2) is 85.4 Å². The molecule has 0 fully saturated rings. The molecule has 0 saturated heterocycles. The van der Waals surface area contributed by atoms with E-state index >= 15 is 0 Å². The molecule has 3 aromatic rings. The van der Waals surface area contributed by atoms with Crippen LogP contribution < -0.4 is 4.74 Å². The van der Waals surface area contributed by atoms with Gasteiger partial charge in [0.2, 0.25) is 0 Å². The Hall–Kier alpha value is -3.70. The zero-order chi connectivity index (χ0) is 51.8. The minimum Gasteiger partial charge on any atom is -0.489 e. The molecule has 0 saturated carbocycles. The second-order valence-corrected chi connectivity index (χ2v) is 30.4. The summed E-state index contributed by atoms with van der Waals surface area (Å²) in [6.45, 7) is 28.8. The largest absolute Gasteiger partial charge is 0.489 e. The van der Waals surface area contributed by atoms with Gasteiger partial charge in [-0.3, -0.25) is 14.4 Å². The fraction of sp³-hybridized carbons (Fsp3) is 0.632. The molecular formula is C57H90O11Si2. The number of ether oxygens (including phenoxy) is 6. The standard InChI is InChI=1S/C57H90O11Si2/c1-14-62-55(63-15-2)39-54(60)66-49(42-61-40-46-29-21-19-22-30-46)37-53(59)67-51(38-52(58)57(10,11)43-65-69(12,13)56(7,8)9)44(6)50(68-70(16-3,17-4)18-5)35-26-25-28-45-33-27-34-48(36-45)64-41-47-31-23-20-24-32-47/h19-24,27,29-34,36,44,49-51,55H,14-18,25-26,28,35,37-43H2,1-13H3/t44-,49-,50-,51+/m1/s1. The Labute approximate surface area is 424 Å². The van der Waals surface area contributed by atoms with Crippen LogP contribution in [0.3, 0.4) is 0 Å². The van der Waals surface area contributed by atoms with Crippen molar-refractivity contribution >= 4 is 34.4 Å². The first-order chi connectivity index (χ1) is 33.2. The number of carbonyl (C=O) groups is 3. The topological polar surface area (TPSA) is 125 Å². The molecule has 0 unspecified atom stereocenters. The molecule has 13 heteroatoms. The second-order valence-electron chi connectivity index (χ2n) is 20.9. The molecule has 0 bridgehead atoms. The first-order valence-electron chi connectivity index (χ1n) is 26.0. The third kappa shape index (κ3) is 21.2. The van der Waals surface area contributed by atoms with Gasteiger partial charge in [0, 0.05) is 37.6 Å². The highest BCUT2D eigenvalue weighted by Crippen LogP contribution is 2.39. The number of hydrogen-bond acceptors (Lipinski definition) is 11. The summed E-state index contributed by atoms with van der Waals surface area (Å²) < 4.78 is 49.8. The normalized spacial score (nSPS) is 14.2. The van der Waals surface area contributed by atoms with Crippen molar-refractivity contribution in [3.8, 4) is 5.75 Å². The van der Waals surface area contributed by atoms with E-state index in [1.54, 1.807) is 0 Å². The summed E-state index contributed by atoms with van der Waals surface area (Å²) in [5.41, 5.74) is 2.40. The number of ketones is 1. The van der Waals surface area contributed by atoms with Crippen LogP contribution in [0.5, 0.6) is 5.75 Å². The average Bonchev–Trinajstić information content (AvgIpc) is 3.33. The van der Waals surface area contributed by atoms with Gasteiger partial charge >= 0.3 is 11.9 Å². The van der Waals surface area contributed by atoms with Gasteiger partial charge in [0.25, 0.3) is 0 Å². The molecule has 4 atom stereocenters. The first-order valence-corrected chi connectivity index (χ1v) is 31.5. The minimum absolute atomic E-state index is 0.0192. The summed E-state index contributed by atoms with van der Waals surface area (Å²) >= 11 is 0. The lowest BCUT2D eigenvalue weighted by atomic mass is 9.82. The van der Waals surface area contributed by atoms with Gasteiger partial charge in [0.15, 0.2) is 22.9 Å². The number of benzene rings is 3. The van der Waals surface area contributed by atoms with Crippen LogP contribution in [0.2, 0.25) is 36.3 Å². The van der Waals surface area contributed by atoms with Gasteiger partial charge in [-0.1, -0.05) is 142 Å². The molecule has 11 nitrogen and oxygen atoms in total. The lowest BCUT2D eigenvalue weighted by Gasteiger charge is -2.40. The van der Waals surface area contributed by atoms with E-state index in [4.69, 9.17) is 37.3 Å². The summed E-state index contributed by atoms with van der Waals surface area (Å²) in [6, 6.07) is 31.0. The van der Waals surface area contributed by atoms with Gasteiger partial charge in [0.05, 0.1) is 32.2 Å². The number of hydrogen-bond donors (Lipinski definition) is 0. The molecule has 0 heterocycles. The number of esters is 2. The third-order valence-corrected chi connectivity index (χ3v) is 23.2. The van der Waals surface area contributed by atoms with Crippen LogP contribution in [-0.2, 0) is 66.6 Å². The van der Waals surface area contributed by atoms with Crippen LogP contribution in [0.1, 0.15) is 131 Å². The maximum atomic E-state index is 14.6. The van der Waals surface area contributed by atoms with Crippen molar-refractivity contribution < 1.29 is 51.7 Å². The van der Waals surface area contributed by atoms with E-state index in [1.807, 2.05) is 88.4 Å². The number of unbranched alkanes of at least 4 members (excludes halogenated alkanes) is 1. The van der Waals surface area contributed by atoms with Crippen LogP contribution in [0.4, 0.5) is 0 Å². The van der Waals surface area contributed by atoms with Gasteiger partial charge in [-0.05, 0) is 98.2 Å². The maximum absolute atomic E-state index is 14.6. The Morgan fingerprint density at radius 3 is 1.79 bits per heavy atom. The maximum Gasteiger partial charge on any atom is 0.311 e. The summed E-state index contributed by atoms with van der Waals surface area (Å²) in [4.78, 5) is 42.4. The van der Waals surface area contributed by atoms with Crippen LogP contribution in [0.25, 0.3) is 0 Å². The van der Waals surface area contributed by atoms with Gasteiger partial charge in [0.1, 0.15) is 30.3 Å². The second kappa shape index (κ2) is 30.4. The minimum atomic E-state index is -2.19. The fourth-order valence-electron chi connectivity index (χ4n) is 7.98. The number of aryl methyl sites for hydroxylation is 1. The zero-order valence-corrected chi connectivity index (χ0v) is 47.3. The first kappa shape index (κ1) is 60.6. The van der Waals surface area contributed by atoms with E-state index < -0.39 is 52.5 Å². The van der Waals surface area contributed by atoms with Gasteiger partial charge in [-0.15, -0.1) is 0 Å². The van der Waals surface area contributed by atoms with Gasteiger partial charge < -0.3 is 37.3 Å². The molecular weight excluding hydrogens is 917 g/mol. The monoisotopic (exact) mass is 1010 g/mol. The molecule has 3 rings (SSSR count). The fourth-order valence-corrected chi connectivity index (χ4v) is 12.1. The predicted octanol–water partition coefficient (Wildman–Crippen LogP) is 13.2. The van der Waals surface area contributed by atoms with Crippen LogP contribution in [0.15, 0.2) is 84.9 Å². The summed E-state index contributed by atoms with van der Waals surface area (Å²) in [5, 5.41) is -0.0335. The summed E-state index contributed by atoms with van der Waals surface area (Å²) in [7, 11) is -4.38. The molecule has 392 valence electrons. The third-order valence-electron chi connectivity index (χ3n) is 14.0. The van der Waals surface area contributed by atoms with Crippen molar-refractivity contribution in [1.29, 1.82) is 0 Å². The number of rotatable bonds is 35. The summed E-state index contributed by atoms with van der Waals surface area (Å²) in [5.74, 6) is -0.736. The Kier molecular flexibility index (Phi) is 26.3. The van der Waals surface area contributed by atoms with Gasteiger partial charge in [-0.25, -0.2) is 0 Å². The van der Waals surface area contributed by atoms with Crippen molar-refractivity contribution in [2.75, 3.05) is 26.4 Å². The molecule has 0 spiro atoms. The molecule has 0 aliphatic heterocycles. The Balaban J connectivity index is 1.92. The quantitative estimate of drug-likeness (QED) is 0.0242. The van der Waals surface area contributed by atoms with Crippen molar-refractivity contribution in [3.05, 3.63) is 102 Å². The highest BCUT2D eigenvalue weighted by Gasteiger charge is 2.43. The van der Waals surface area contributed by atoms with Crippen LogP contribution >= 0.6 is 0 Å². The van der Waals surface area contributed by atoms with E-state index in [2.05, 4.69) is 85.8 Å². The molecule has 70 heavy (non-hydrogen) atoms. The number of Topliss-reactive ketones (excluding diaryl/α,β-unsaturated/α-hetero) is 1. The summed E-state index contributed by atoms with van der Waals surface area (Å²) in [6.07, 6.45) is 0.0707. The lowest BCUT2D eigenvalue weighted by molar-refractivity contribution is -0.177. The molecule has 0 radical (unpaired) electrons. The highest BCUT2D eigenvalue weighted by molar-refractivity contribution is 6.74. The number of carbonyl (C=O) groups excluding carboxylic acids is 3. The smallest absolute Gasteiger partial charge is 0.311 e. The molecule has 0 N–H and O–H groups in total. The molecule has 0 amide bonds. The average molecular weight is 1010 g/mol. The van der Waals surface area contributed by atoms with E-state index in [1.165, 1.54) is 5.56 Å². The van der Waals surface area contributed by atoms with Crippen molar-refractivity contribution in [2.24, 2.45) is 11.3 Å². The zero-order valence-electron chi connectivity index (χ0n) is 45.3. The van der Waals surface area contributed by atoms with Gasteiger partial charge in [-0.2, -0.15) is 0 Å². The Morgan fingerprint density at radius 1 is 0.643 bits per heavy atom. The molecule has 0 aliphatic carbocycles. The van der Waals surface area contributed by atoms with Crippen molar-refractivity contribution in [1.82, 2.24) is 0 Å². The van der Waals surface area contributed by atoms with E-state index in [0.29, 0.717) is 19.8 Å². The molecule has 0 aliphatic rings. The van der Waals surface area contributed by atoms with E-state index in [9.17, 15) is 14.4 Å². The lowest BCUT2D eigenvalue weighted by Crippen LogP contribution is -2.47. The Morgan fingerprint density at radius 2 is 1.21 bits per heavy atom. The van der Waals surface area contributed by atoms with Crippen LogP contribution in [0, 0.1) is 11.3 Å². The van der Waals surface area contributed by atoms with Crippen molar-refractivity contribution in [2.45, 2.75) is 195 Å². The van der Waals surface area contributed by atoms with E-state index in [0.717, 1.165) is 60.7 Å². The predicted molar refractivity (Wildman–Crippen MR) is 285 cm³/mol. The Bertz CT molecular complexity index is 1930. The SMILES string of the molecule is CCOC(CC(=O)O[C@@H](COCc1ccccc1)CC(=O)O[C@@H](CC(=O)C(C)(C)CO[Si](C)(C)C(C)(C)C)[C@H](C)[C@@H](CCCCc1cccc(OCc2ccccc2)c1)O[Si](CC)(CC)CC)OCC.